The minimum atomic E-state index is 1.09. The molecule has 0 aliphatic rings. The maximum Gasteiger partial charge on any atom is 0.0562 e. The third-order valence-corrected chi connectivity index (χ3v) is 13.4. The van der Waals surface area contributed by atoms with Crippen molar-refractivity contribution >= 4 is 81.1 Å². The van der Waals surface area contributed by atoms with Crippen molar-refractivity contribution in [2.75, 3.05) is 4.90 Å². The van der Waals surface area contributed by atoms with E-state index in [4.69, 9.17) is 0 Å². The average molecular weight is 795 g/mol. The molecule has 0 atom stereocenters. The van der Waals surface area contributed by atoms with Crippen LogP contribution in [0.5, 0.6) is 0 Å². The summed E-state index contributed by atoms with van der Waals surface area (Å²) in [7, 11) is 0. The van der Waals surface area contributed by atoms with E-state index in [-0.39, 0.29) is 0 Å². The molecular weight excluding hydrogens is 757 g/mol. The van der Waals surface area contributed by atoms with Crippen LogP contribution < -0.4 is 4.90 Å². The van der Waals surface area contributed by atoms with Crippen molar-refractivity contribution in [1.29, 1.82) is 0 Å². The SMILES string of the molecule is c1ccc(-c2cc(-c3ccc4ccccc4c3)ccc2N(c2ccccc2)c2ccc3c4ccccc4n(-c4ccccc4-c4cccc5c4sc4ccccc45)c3c2)cc1. The van der Waals surface area contributed by atoms with E-state index in [1.165, 1.54) is 75.1 Å². The van der Waals surface area contributed by atoms with Crippen molar-refractivity contribution in [3.63, 3.8) is 0 Å². The number of rotatable bonds is 7. The first-order chi connectivity index (χ1) is 30.3. The van der Waals surface area contributed by atoms with Crippen molar-refractivity contribution in [3.8, 4) is 39.1 Å². The van der Waals surface area contributed by atoms with Crippen molar-refractivity contribution in [2.24, 2.45) is 0 Å². The number of nitrogens with zero attached hydrogens (tertiary/aromatic N) is 2. The number of aromatic nitrogens is 1. The Kier molecular flexibility index (Phi) is 8.39. The Bertz CT molecular complexity index is 3600. The Hall–Kier alpha value is -7.72. The molecule has 0 aliphatic carbocycles. The van der Waals surface area contributed by atoms with Crippen LogP contribution in [-0.2, 0) is 0 Å². The van der Waals surface area contributed by atoms with Gasteiger partial charge < -0.3 is 9.47 Å². The highest BCUT2D eigenvalue weighted by molar-refractivity contribution is 7.26. The molecule has 12 rings (SSSR count). The maximum absolute atomic E-state index is 2.49. The summed E-state index contributed by atoms with van der Waals surface area (Å²) in [5.74, 6) is 0. The molecule has 12 aromatic rings. The topological polar surface area (TPSA) is 8.17 Å². The molecule has 0 unspecified atom stereocenters. The fourth-order valence-electron chi connectivity index (χ4n) is 9.35. The molecular formula is C58H38N2S. The highest BCUT2D eigenvalue weighted by Gasteiger charge is 2.22. The predicted molar refractivity (Wildman–Crippen MR) is 262 cm³/mol. The van der Waals surface area contributed by atoms with Crippen LogP contribution in [0.1, 0.15) is 0 Å². The van der Waals surface area contributed by atoms with E-state index >= 15 is 0 Å². The van der Waals surface area contributed by atoms with E-state index in [0.29, 0.717) is 0 Å². The number of para-hydroxylation sites is 3. The first-order valence-electron chi connectivity index (χ1n) is 20.8. The van der Waals surface area contributed by atoms with Gasteiger partial charge in [-0.15, -0.1) is 11.3 Å². The largest absolute Gasteiger partial charge is 0.310 e. The third kappa shape index (κ3) is 5.93. The Labute approximate surface area is 358 Å². The fourth-order valence-corrected chi connectivity index (χ4v) is 10.6. The minimum Gasteiger partial charge on any atom is -0.310 e. The Morgan fingerprint density at radius 2 is 1.00 bits per heavy atom. The van der Waals surface area contributed by atoms with E-state index in [1.54, 1.807) is 0 Å². The lowest BCUT2D eigenvalue weighted by molar-refractivity contribution is 1.18. The molecule has 0 bridgehead atoms. The Morgan fingerprint density at radius 1 is 0.344 bits per heavy atom. The summed E-state index contributed by atoms with van der Waals surface area (Å²) >= 11 is 1.88. The Balaban J connectivity index is 1.09. The fraction of sp³-hybridized carbons (Fsp3) is 0. The molecule has 10 aromatic carbocycles. The zero-order chi connectivity index (χ0) is 40.3. The second-order valence-corrected chi connectivity index (χ2v) is 16.7. The normalized spacial score (nSPS) is 11.6. The van der Waals surface area contributed by atoms with E-state index in [1.807, 2.05) is 11.3 Å². The molecule has 2 aromatic heterocycles. The van der Waals surface area contributed by atoms with Gasteiger partial charge in [0.05, 0.1) is 22.4 Å². The summed E-state index contributed by atoms with van der Waals surface area (Å²) < 4.78 is 5.11. The smallest absolute Gasteiger partial charge is 0.0562 e. The van der Waals surface area contributed by atoms with Gasteiger partial charge in [-0.1, -0.05) is 170 Å². The first kappa shape index (κ1) is 35.2. The average Bonchev–Trinajstić information content (AvgIpc) is 3.88. The second kappa shape index (κ2) is 14.5. The van der Waals surface area contributed by atoms with Crippen LogP contribution in [0.4, 0.5) is 17.1 Å². The summed E-state index contributed by atoms with van der Waals surface area (Å²) in [6, 6.07) is 84.2. The van der Waals surface area contributed by atoms with Gasteiger partial charge in [0.2, 0.25) is 0 Å². The highest BCUT2D eigenvalue weighted by Crippen LogP contribution is 2.46. The lowest BCUT2D eigenvalue weighted by Gasteiger charge is -2.28. The molecule has 0 spiro atoms. The highest BCUT2D eigenvalue weighted by atomic mass is 32.1. The molecule has 0 aliphatic heterocycles. The van der Waals surface area contributed by atoms with Crippen molar-refractivity contribution in [1.82, 2.24) is 4.57 Å². The zero-order valence-electron chi connectivity index (χ0n) is 33.2. The van der Waals surface area contributed by atoms with E-state index < -0.39 is 0 Å². The molecule has 0 fully saturated rings. The standard InChI is InChI=1S/C58H38N2S/c1-3-17-40(18-4-1)52-37-43(42-31-30-39-16-7-8-19-41(39)36-42)32-35-55(52)59(44-20-5-2-6-21-44)45-33-34-48-46-22-9-12-27-53(46)60(56(48)38-45)54-28-13-10-23-47(54)50-25-15-26-51-49-24-11-14-29-57(49)61-58(50)51/h1-38H. The maximum atomic E-state index is 2.49. The second-order valence-electron chi connectivity index (χ2n) is 15.7. The first-order valence-corrected chi connectivity index (χ1v) is 21.7. The number of hydrogen-bond donors (Lipinski definition) is 0. The summed E-state index contributed by atoms with van der Waals surface area (Å²) in [5, 5.41) is 7.55. The van der Waals surface area contributed by atoms with Gasteiger partial charge in [-0.25, -0.2) is 0 Å². The van der Waals surface area contributed by atoms with Crippen LogP contribution in [0.3, 0.4) is 0 Å². The van der Waals surface area contributed by atoms with Crippen LogP contribution in [0, 0.1) is 0 Å². The lowest BCUT2D eigenvalue weighted by atomic mass is 9.95. The number of benzene rings is 10. The van der Waals surface area contributed by atoms with Gasteiger partial charge in [-0.3, -0.25) is 0 Å². The van der Waals surface area contributed by atoms with E-state index in [0.717, 1.165) is 33.8 Å². The van der Waals surface area contributed by atoms with Gasteiger partial charge in [0.25, 0.3) is 0 Å². The lowest BCUT2D eigenvalue weighted by Crippen LogP contribution is -2.11. The molecule has 61 heavy (non-hydrogen) atoms. The molecule has 2 heterocycles. The van der Waals surface area contributed by atoms with Crippen molar-refractivity contribution < 1.29 is 0 Å². The Morgan fingerprint density at radius 3 is 1.89 bits per heavy atom. The summed E-state index contributed by atoms with van der Waals surface area (Å²) in [5.41, 5.74) is 14.0. The molecule has 0 saturated heterocycles. The van der Waals surface area contributed by atoms with Crippen molar-refractivity contribution in [2.45, 2.75) is 0 Å². The van der Waals surface area contributed by atoms with Gasteiger partial charge in [-0.05, 0) is 88.1 Å². The quantitative estimate of drug-likeness (QED) is 0.156. The van der Waals surface area contributed by atoms with Crippen molar-refractivity contribution in [3.05, 3.63) is 231 Å². The van der Waals surface area contributed by atoms with Gasteiger partial charge in [0, 0.05) is 59.0 Å². The molecule has 2 nitrogen and oxygen atoms in total. The molecule has 0 radical (unpaired) electrons. The summed E-state index contributed by atoms with van der Waals surface area (Å²) in [6.07, 6.45) is 0. The number of thiophene rings is 1. The van der Waals surface area contributed by atoms with Crippen LogP contribution in [0.25, 0.3) is 91.8 Å². The number of anilines is 3. The van der Waals surface area contributed by atoms with Crippen LogP contribution >= 0.6 is 11.3 Å². The molecule has 0 N–H and O–H groups in total. The van der Waals surface area contributed by atoms with Crippen LogP contribution in [0.2, 0.25) is 0 Å². The van der Waals surface area contributed by atoms with E-state index in [2.05, 4.69) is 240 Å². The van der Waals surface area contributed by atoms with Gasteiger partial charge in [0.15, 0.2) is 0 Å². The van der Waals surface area contributed by atoms with E-state index in [9.17, 15) is 0 Å². The predicted octanol–water partition coefficient (Wildman–Crippen LogP) is 16.8. The number of fused-ring (bicyclic) bond motifs is 7. The molecule has 0 amide bonds. The monoisotopic (exact) mass is 794 g/mol. The molecule has 286 valence electrons. The number of hydrogen-bond acceptors (Lipinski definition) is 2. The molecule has 3 heteroatoms. The summed E-state index contributed by atoms with van der Waals surface area (Å²) in [4.78, 5) is 2.43. The minimum absolute atomic E-state index is 1.09. The van der Waals surface area contributed by atoms with Crippen LogP contribution in [-0.4, -0.2) is 4.57 Å². The zero-order valence-corrected chi connectivity index (χ0v) is 34.1. The van der Waals surface area contributed by atoms with Gasteiger partial charge >= 0.3 is 0 Å². The van der Waals surface area contributed by atoms with Gasteiger partial charge in [-0.2, -0.15) is 0 Å². The van der Waals surface area contributed by atoms with Gasteiger partial charge in [0.1, 0.15) is 0 Å². The molecule has 0 saturated carbocycles. The van der Waals surface area contributed by atoms with Crippen LogP contribution in [0.15, 0.2) is 231 Å². The third-order valence-electron chi connectivity index (χ3n) is 12.2. The summed E-state index contributed by atoms with van der Waals surface area (Å²) in [6.45, 7) is 0.